The van der Waals surface area contributed by atoms with Gasteiger partial charge in [0.15, 0.2) is 0 Å². The third kappa shape index (κ3) is 3.71. The van der Waals surface area contributed by atoms with Crippen LogP contribution in [0.4, 0.5) is 0 Å². The van der Waals surface area contributed by atoms with E-state index in [0.29, 0.717) is 5.56 Å². The molecule has 0 saturated carbocycles. The van der Waals surface area contributed by atoms with Gasteiger partial charge in [-0.25, -0.2) is 0 Å². The van der Waals surface area contributed by atoms with Gasteiger partial charge in [0.25, 0.3) is 5.91 Å². The predicted molar refractivity (Wildman–Crippen MR) is 68.7 cm³/mol. The van der Waals surface area contributed by atoms with Crippen LogP contribution in [0.5, 0.6) is 0 Å². The van der Waals surface area contributed by atoms with Gasteiger partial charge in [0.1, 0.15) is 0 Å². The first-order chi connectivity index (χ1) is 8.06. The molecular weight excluding hydrogens is 214 g/mol. The van der Waals surface area contributed by atoms with Crippen molar-refractivity contribution in [3.63, 3.8) is 0 Å². The molecule has 0 radical (unpaired) electrons. The van der Waals surface area contributed by atoms with Crippen molar-refractivity contribution in [3.8, 4) is 0 Å². The van der Waals surface area contributed by atoms with Crippen molar-refractivity contribution >= 4 is 5.91 Å². The summed E-state index contributed by atoms with van der Waals surface area (Å²) in [6.07, 6.45) is 0.707. The number of nitrogens with one attached hydrogen (secondary N) is 1. The van der Waals surface area contributed by atoms with E-state index in [4.69, 9.17) is 0 Å². The monoisotopic (exact) mass is 233 g/mol. The van der Waals surface area contributed by atoms with E-state index in [0.717, 1.165) is 0 Å². The maximum absolute atomic E-state index is 11.9. The van der Waals surface area contributed by atoms with Crippen LogP contribution in [0.2, 0.25) is 0 Å². The lowest BCUT2D eigenvalue weighted by atomic mass is 9.98. The van der Waals surface area contributed by atoms with Crippen LogP contribution in [0.25, 0.3) is 0 Å². The van der Waals surface area contributed by atoms with Gasteiger partial charge in [-0.2, -0.15) is 0 Å². The van der Waals surface area contributed by atoms with Gasteiger partial charge in [0.05, 0.1) is 12.1 Å². The first-order valence-electron chi connectivity index (χ1n) is 5.72. The standard InChI is InChI=1S/C14H19NO2/c1-4-12(16)13(10(2)3)15-14(17)11-8-6-5-7-9-11/h4-10,12-13,16H,1H2,2-3H3,(H,15,17)/t12?,13-/m0/s1. The van der Waals surface area contributed by atoms with Crippen molar-refractivity contribution in [1.29, 1.82) is 0 Å². The highest BCUT2D eigenvalue weighted by Gasteiger charge is 2.22. The summed E-state index contributed by atoms with van der Waals surface area (Å²) in [5.74, 6) is -0.0409. The number of aliphatic hydroxyl groups excluding tert-OH is 1. The lowest BCUT2D eigenvalue weighted by Crippen LogP contribution is -2.45. The van der Waals surface area contributed by atoms with Crippen molar-refractivity contribution in [1.82, 2.24) is 5.32 Å². The second-order valence-electron chi connectivity index (χ2n) is 4.34. The van der Waals surface area contributed by atoms with Crippen LogP contribution in [0.3, 0.4) is 0 Å². The molecule has 2 atom stereocenters. The Hall–Kier alpha value is -1.61. The average Bonchev–Trinajstić information content (AvgIpc) is 2.35. The second kappa shape index (κ2) is 6.21. The molecule has 1 unspecified atom stereocenters. The summed E-state index contributed by atoms with van der Waals surface area (Å²) >= 11 is 0. The molecule has 0 spiro atoms. The van der Waals surface area contributed by atoms with Crippen LogP contribution in [0.15, 0.2) is 43.0 Å². The molecule has 0 bridgehead atoms. The van der Waals surface area contributed by atoms with E-state index in [2.05, 4.69) is 11.9 Å². The van der Waals surface area contributed by atoms with Crippen molar-refractivity contribution in [2.24, 2.45) is 5.92 Å². The van der Waals surface area contributed by atoms with E-state index in [-0.39, 0.29) is 17.9 Å². The lowest BCUT2D eigenvalue weighted by Gasteiger charge is -2.25. The quantitative estimate of drug-likeness (QED) is 0.764. The molecule has 1 amide bonds. The summed E-state index contributed by atoms with van der Waals surface area (Å²) in [5.41, 5.74) is 0.592. The number of hydrogen-bond acceptors (Lipinski definition) is 2. The second-order valence-corrected chi connectivity index (χ2v) is 4.34. The average molecular weight is 233 g/mol. The molecular formula is C14H19NO2. The summed E-state index contributed by atoms with van der Waals surface area (Å²) in [5, 5.41) is 12.6. The summed E-state index contributed by atoms with van der Waals surface area (Å²) in [7, 11) is 0. The molecule has 0 fully saturated rings. The zero-order valence-electron chi connectivity index (χ0n) is 10.3. The fraction of sp³-hybridized carbons (Fsp3) is 0.357. The van der Waals surface area contributed by atoms with Crippen molar-refractivity contribution in [2.45, 2.75) is 26.0 Å². The number of rotatable bonds is 5. The molecule has 3 heteroatoms. The molecule has 0 heterocycles. The highest BCUT2D eigenvalue weighted by molar-refractivity contribution is 5.94. The van der Waals surface area contributed by atoms with Gasteiger partial charge in [0.2, 0.25) is 0 Å². The molecule has 1 aromatic rings. The number of aliphatic hydroxyl groups is 1. The van der Waals surface area contributed by atoms with Crippen molar-refractivity contribution in [3.05, 3.63) is 48.6 Å². The minimum absolute atomic E-state index is 0.135. The highest BCUT2D eigenvalue weighted by Crippen LogP contribution is 2.09. The molecule has 1 rings (SSSR count). The molecule has 0 aliphatic carbocycles. The van der Waals surface area contributed by atoms with Crippen LogP contribution >= 0.6 is 0 Å². The Morgan fingerprint density at radius 2 is 1.94 bits per heavy atom. The van der Waals surface area contributed by atoms with Crippen LogP contribution in [-0.4, -0.2) is 23.2 Å². The van der Waals surface area contributed by atoms with Crippen molar-refractivity contribution < 1.29 is 9.90 Å². The summed E-state index contributed by atoms with van der Waals surface area (Å²) in [4.78, 5) is 11.9. The Labute approximate surface area is 102 Å². The van der Waals surface area contributed by atoms with E-state index in [1.54, 1.807) is 12.1 Å². The Balaban J connectivity index is 2.75. The minimum atomic E-state index is -0.734. The summed E-state index contributed by atoms with van der Waals surface area (Å²) in [6.45, 7) is 7.44. The van der Waals surface area contributed by atoms with Crippen LogP contribution < -0.4 is 5.32 Å². The number of hydrogen-bond donors (Lipinski definition) is 2. The molecule has 2 N–H and O–H groups in total. The van der Waals surface area contributed by atoms with Crippen LogP contribution in [0.1, 0.15) is 24.2 Å². The van der Waals surface area contributed by atoms with Gasteiger partial charge in [0, 0.05) is 5.56 Å². The lowest BCUT2D eigenvalue weighted by molar-refractivity contribution is 0.0846. The molecule has 0 saturated heterocycles. The summed E-state index contributed by atoms with van der Waals surface area (Å²) in [6, 6.07) is 8.64. The smallest absolute Gasteiger partial charge is 0.251 e. The number of benzene rings is 1. The Bertz CT molecular complexity index is 373. The fourth-order valence-electron chi connectivity index (χ4n) is 1.62. The molecule has 0 aliphatic heterocycles. The van der Waals surface area contributed by atoms with Gasteiger partial charge in [-0.05, 0) is 18.1 Å². The molecule has 17 heavy (non-hydrogen) atoms. The normalized spacial score (nSPS) is 14.1. The maximum atomic E-state index is 11.9. The SMILES string of the molecule is C=CC(O)[C@@H](NC(=O)c1ccccc1)C(C)C. The van der Waals surface area contributed by atoms with E-state index in [1.807, 2.05) is 32.0 Å². The van der Waals surface area contributed by atoms with Crippen molar-refractivity contribution in [2.75, 3.05) is 0 Å². The molecule has 3 nitrogen and oxygen atoms in total. The van der Waals surface area contributed by atoms with Crippen LogP contribution in [-0.2, 0) is 0 Å². The summed E-state index contributed by atoms with van der Waals surface area (Å²) < 4.78 is 0. The maximum Gasteiger partial charge on any atom is 0.251 e. The molecule has 92 valence electrons. The number of carbonyl (C=O) groups is 1. The van der Waals surface area contributed by atoms with E-state index in [9.17, 15) is 9.90 Å². The zero-order valence-corrected chi connectivity index (χ0v) is 10.3. The van der Waals surface area contributed by atoms with Gasteiger partial charge >= 0.3 is 0 Å². The Morgan fingerprint density at radius 3 is 2.41 bits per heavy atom. The first kappa shape index (κ1) is 13.5. The van der Waals surface area contributed by atoms with Gasteiger partial charge in [-0.1, -0.05) is 38.1 Å². The van der Waals surface area contributed by atoms with Gasteiger partial charge in [-0.3, -0.25) is 4.79 Å². The van der Waals surface area contributed by atoms with Gasteiger partial charge < -0.3 is 10.4 Å². The highest BCUT2D eigenvalue weighted by atomic mass is 16.3. The Morgan fingerprint density at radius 1 is 1.35 bits per heavy atom. The first-order valence-corrected chi connectivity index (χ1v) is 5.72. The third-order valence-electron chi connectivity index (χ3n) is 2.66. The predicted octanol–water partition coefficient (Wildman–Crippen LogP) is 1.99. The zero-order chi connectivity index (χ0) is 12.8. The minimum Gasteiger partial charge on any atom is -0.387 e. The topological polar surface area (TPSA) is 49.3 Å². The Kier molecular flexibility index (Phi) is 4.91. The van der Waals surface area contributed by atoms with Gasteiger partial charge in [-0.15, -0.1) is 6.58 Å². The molecule has 0 aliphatic rings. The third-order valence-corrected chi connectivity index (χ3v) is 2.66. The number of amides is 1. The fourth-order valence-corrected chi connectivity index (χ4v) is 1.62. The molecule has 0 aromatic heterocycles. The van der Waals surface area contributed by atoms with E-state index < -0.39 is 6.10 Å². The largest absolute Gasteiger partial charge is 0.387 e. The van der Waals surface area contributed by atoms with E-state index >= 15 is 0 Å². The van der Waals surface area contributed by atoms with Crippen LogP contribution in [0, 0.1) is 5.92 Å². The van der Waals surface area contributed by atoms with E-state index in [1.165, 1.54) is 6.08 Å². The molecule has 1 aromatic carbocycles. The number of carbonyl (C=O) groups excluding carboxylic acids is 1.